The maximum atomic E-state index is 11.9. The average molecular weight is 282 g/mol. The van der Waals surface area contributed by atoms with Crippen molar-refractivity contribution in [3.63, 3.8) is 0 Å². The Balaban J connectivity index is 2.22. The van der Waals surface area contributed by atoms with Crippen LogP contribution in [-0.4, -0.2) is 25.7 Å². The molecule has 0 saturated carbocycles. The third kappa shape index (κ3) is 2.95. The van der Waals surface area contributed by atoms with Crippen molar-refractivity contribution in [3.05, 3.63) is 35.8 Å². The quantitative estimate of drug-likeness (QED) is 0.909. The van der Waals surface area contributed by atoms with Gasteiger partial charge in [-0.15, -0.1) is 11.3 Å². The van der Waals surface area contributed by atoms with Gasteiger partial charge in [0.1, 0.15) is 5.01 Å². The molecule has 4 nitrogen and oxygen atoms in total. The molecular formula is C12H14N2O2S2. The van der Waals surface area contributed by atoms with Gasteiger partial charge < -0.3 is 5.73 Å². The zero-order valence-corrected chi connectivity index (χ0v) is 11.4. The molecule has 6 heteroatoms. The van der Waals surface area contributed by atoms with Gasteiger partial charge in [0.2, 0.25) is 0 Å². The molecule has 2 aromatic rings. The minimum atomic E-state index is -3.21. The summed E-state index contributed by atoms with van der Waals surface area (Å²) in [4.78, 5) is 4.52. The van der Waals surface area contributed by atoms with E-state index < -0.39 is 9.84 Å². The fourth-order valence-corrected chi connectivity index (χ4v) is 3.54. The normalized spacial score (nSPS) is 11.6. The van der Waals surface area contributed by atoms with Gasteiger partial charge >= 0.3 is 0 Å². The molecule has 0 aliphatic rings. The molecule has 0 saturated heterocycles. The summed E-state index contributed by atoms with van der Waals surface area (Å²) in [5.41, 5.74) is 6.26. The summed E-state index contributed by atoms with van der Waals surface area (Å²) in [7, 11) is -3.21. The van der Waals surface area contributed by atoms with Crippen molar-refractivity contribution in [3.8, 4) is 10.6 Å². The number of hydrogen-bond donors (Lipinski definition) is 1. The lowest BCUT2D eigenvalue weighted by Crippen LogP contribution is -2.11. The van der Waals surface area contributed by atoms with Gasteiger partial charge in [0.25, 0.3) is 0 Å². The number of thiazole rings is 1. The monoisotopic (exact) mass is 282 g/mol. The molecule has 0 spiro atoms. The van der Waals surface area contributed by atoms with E-state index in [1.165, 1.54) is 11.3 Å². The molecule has 0 fully saturated rings. The third-order valence-corrected chi connectivity index (χ3v) is 5.15. The lowest BCUT2D eigenvalue weighted by Gasteiger charge is -2.04. The Bertz CT molecular complexity index is 590. The molecule has 2 N–H and O–H groups in total. The van der Waals surface area contributed by atoms with Crippen LogP contribution in [0, 0.1) is 0 Å². The molecule has 0 aliphatic heterocycles. The van der Waals surface area contributed by atoms with E-state index in [1.54, 1.807) is 30.5 Å². The highest BCUT2D eigenvalue weighted by Gasteiger charge is 2.13. The van der Waals surface area contributed by atoms with Crippen LogP contribution in [0.3, 0.4) is 0 Å². The van der Waals surface area contributed by atoms with Crippen LogP contribution >= 0.6 is 11.3 Å². The minimum absolute atomic E-state index is 0.0973. The zero-order valence-electron chi connectivity index (χ0n) is 9.74. The largest absolute Gasteiger partial charge is 0.330 e. The molecule has 96 valence electrons. The summed E-state index contributed by atoms with van der Waals surface area (Å²) in [6.07, 6.45) is 2.21. The second-order valence-corrected chi connectivity index (χ2v) is 6.83. The molecule has 0 aliphatic carbocycles. The molecule has 1 aromatic carbocycles. The van der Waals surface area contributed by atoms with Crippen LogP contribution in [0.15, 0.2) is 40.7 Å². The average Bonchev–Trinajstić information content (AvgIpc) is 2.90. The number of nitrogens with two attached hydrogens (primary N) is 1. The number of aromatic nitrogens is 1. The van der Waals surface area contributed by atoms with E-state index >= 15 is 0 Å². The fraction of sp³-hybridized carbons (Fsp3) is 0.250. The van der Waals surface area contributed by atoms with Crippen LogP contribution in [0.4, 0.5) is 0 Å². The van der Waals surface area contributed by atoms with Crippen LogP contribution < -0.4 is 5.73 Å². The topological polar surface area (TPSA) is 73.1 Å². The smallest absolute Gasteiger partial charge is 0.178 e. The summed E-state index contributed by atoms with van der Waals surface area (Å²) < 4.78 is 23.8. The summed E-state index contributed by atoms with van der Waals surface area (Å²) >= 11 is 1.53. The Morgan fingerprint density at radius 1 is 1.22 bits per heavy atom. The fourth-order valence-electron chi connectivity index (χ4n) is 1.56. The van der Waals surface area contributed by atoms with Gasteiger partial charge in [-0.05, 0) is 25.1 Å². The van der Waals surface area contributed by atoms with Gasteiger partial charge in [0.15, 0.2) is 9.84 Å². The van der Waals surface area contributed by atoms with Crippen molar-refractivity contribution >= 4 is 21.2 Å². The molecular weight excluding hydrogens is 268 g/mol. The van der Waals surface area contributed by atoms with Gasteiger partial charge in [-0.2, -0.15) is 0 Å². The second kappa shape index (κ2) is 5.60. The predicted octanol–water partition coefficient (Wildman–Crippen LogP) is 1.93. The van der Waals surface area contributed by atoms with E-state index in [0.717, 1.165) is 10.6 Å². The molecule has 18 heavy (non-hydrogen) atoms. The van der Waals surface area contributed by atoms with Crippen LogP contribution in [0.1, 0.15) is 6.42 Å². The van der Waals surface area contributed by atoms with Gasteiger partial charge in [0, 0.05) is 17.1 Å². The van der Waals surface area contributed by atoms with Gasteiger partial charge in [-0.3, -0.25) is 0 Å². The van der Waals surface area contributed by atoms with Crippen molar-refractivity contribution in [2.75, 3.05) is 12.3 Å². The maximum Gasteiger partial charge on any atom is 0.178 e. The van der Waals surface area contributed by atoms with E-state index in [0.29, 0.717) is 17.9 Å². The lowest BCUT2D eigenvalue weighted by molar-refractivity contribution is 0.593. The Labute approximate surface area is 110 Å². The van der Waals surface area contributed by atoms with E-state index in [-0.39, 0.29) is 5.75 Å². The van der Waals surface area contributed by atoms with Crippen LogP contribution in [-0.2, 0) is 9.84 Å². The number of benzene rings is 1. The van der Waals surface area contributed by atoms with Gasteiger partial charge in [0.05, 0.1) is 10.6 Å². The van der Waals surface area contributed by atoms with E-state index in [9.17, 15) is 8.42 Å². The molecule has 1 heterocycles. The number of nitrogens with zero attached hydrogens (tertiary/aromatic N) is 1. The van der Waals surface area contributed by atoms with Gasteiger partial charge in [-0.25, -0.2) is 13.4 Å². The van der Waals surface area contributed by atoms with Crippen LogP contribution in [0.5, 0.6) is 0 Å². The van der Waals surface area contributed by atoms with Crippen molar-refractivity contribution < 1.29 is 8.42 Å². The second-order valence-electron chi connectivity index (χ2n) is 3.82. The third-order valence-electron chi connectivity index (χ3n) is 2.51. The predicted molar refractivity (Wildman–Crippen MR) is 73.3 cm³/mol. The summed E-state index contributed by atoms with van der Waals surface area (Å²) in [6, 6.07) is 6.83. The first-order valence-corrected chi connectivity index (χ1v) is 8.09. The Morgan fingerprint density at radius 2 is 1.94 bits per heavy atom. The van der Waals surface area contributed by atoms with E-state index in [2.05, 4.69) is 4.98 Å². The molecule has 0 bridgehead atoms. The van der Waals surface area contributed by atoms with Crippen LogP contribution in [0.2, 0.25) is 0 Å². The minimum Gasteiger partial charge on any atom is -0.330 e. The number of hydrogen-bond acceptors (Lipinski definition) is 5. The standard InChI is InChI=1S/C12H14N2O2S2/c13-6-1-9-18(15,16)11-4-2-10(3-5-11)12-14-7-8-17-12/h2-5,7-8H,1,6,9,13H2. The molecule has 1 aromatic heterocycles. The number of sulfone groups is 1. The first-order valence-electron chi connectivity index (χ1n) is 5.56. The molecule has 0 unspecified atom stereocenters. The Morgan fingerprint density at radius 3 is 2.50 bits per heavy atom. The van der Waals surface area contributed by atoms with Crippen molar-refractivity contribution in [2.45, 2.75) is 11.3 Å². The Hall–Kier alpha value is -1.24. The van der Waals surface area contributed by atoms with Gasteiger partial charge in [-0.1, -0.05) is 12.1 Å². The first-order chi connectivity index (χ1) is 8.63. The summed E-state index contributed by atoms with van der Waals surface area (Å²) in [5, 5.41) is 2.78. The highest BCUT2D eigenvalue weighted by molar-refractivity contribution is 7.91. The highest BCUT2D eigenvalue weighted by Crippen LogP contribution is 2.23. The molecule has 2 rings (SSSR count). The lowest BCUT2D eigenvalue weighted by atomic mass is 10.2. The SMILES string of the molecule is NCCCS(=O)(=O)c1ccc(-c2nccs2)cc1. The summed E-state index contributed by atoms with van der Waals surface area (Å²) in [5.74, 6) is 0.0973. The number of rotatable bonds is 5. The van der Waals surface area contributed by atoms with Crippen molar-refractivity contribution in [1.82, 2.24) is 4.98 Å². The maximum absolute atomic E-state index is 11.9. The summed E-state index contributed by atoms with van der Waals surface area (Å²) in [6.45, 7) is 0.385. The highest BCUT2D eigenvalue weighted by atomic mass is 32.2. The molecule has 0 radical (unpaired) electrons. The zero-order chi connectivity index (χ0) is 13.0. The first kappa shape index (κ1) is 13.2. The van der Waals surface area contributed by atoms with E-state index in [4.69, 9.17) is 5.73 Å². The Kier molecular flexibility index (Phi) is 4.11. The molecule has 0 amide bonds. The van der Waals surface area contributed by atoms with Crippen molar-refractivity contribution in [1.29, 1.82) is 0 Å². The van der Waals surface area contributed by atoms with Crippen molar-refractivity contribution in [2.24, 2.45) is 5.73 Å². The van der Waals surface area contributed by atoms with Crippen LogP contribution in [0.25, 0.3) is 10.6 Å². The molecule has 0 atom stereocenters. The van der Waals surface area contributed by atoms with E-state index in [1.807, 2.05) is 5.38 Å².